The first-order valence-corrected chi connectivity index (χ1v) is 6.83. The van der Waals surface area contributed by atoms with Crippen LogP contribution >= 0.6 is 11.3 Å². The molecule has 1 aromatic rings. The molecule has 2 N–H and O–H groups in total. The number of hydrogen-bond donors (Lipinski definition) is 2. The van der Waals surface area contributed by atoms with Crippen LogP contribution in [0.3, 0.4) is 0 Å². The molecular weight excluding hydrogens is 234 g/mol. The molecule has 0 aliphatic heterocycles. The van der Waals surface area contributed by atoms with Crippen molar-refractivity contribution >= 4 is 17.3 Å². The Kier molecular flexibility index (Phi) is 5.15. The first-order chi connectivity index (χ1) is 7.95. The van der Waals surface area contributed by atoms with E-state index in [0.29, 0.717) is 6.42 Å². The van der Waals surface area contributed by atoms with Gasteiger partial charge in [-0.3, -0.25) is 10.1 Å². The van der Waals surface area contributed by atoms with E-state index in [4.69, 9.17) is 5.11 Å². The molecule has 96 valence electrons. The summed E-state index contributed by atoms with van der Waals surface area (Å²) in [6.45, 7) is 8.19. The van der Waals surface area contributed by atoms with Gasteiger partial charge in [0.2, 0.25) is 0 Å². The summed E-state index contributed by atoms with van der Waals surface area (Å²) in [5.74, 6) is -0.761. The van der Waals surface area contributed by atoms with E-state index in [-0.39, 0.29) is 6.04 Å². The fourth-order valence-electron chi connectivity index (χ4n) is 2.04. The Morgan fingerprint density at radius 2 is 2.18 bits per heavy atom. The average Bonchev–Trinajstić information content (AvgIpc) is 2.57. The van der Waals surface area contributed by atoms with Crippen LogP contribution in [0.4, 0.5) is 0 Å². The molecule has 0 saturated carbocycles. The summed E-state index contributed by atoms with van der Waals surface area (Å²) in [4.78, 5) is 13.6. The minimum atomic E-state index is -0.761. The van der Waals surface area contributed by atoms with Gasteiger partial charge in [0.15, 0.2) is 0 Å². The number of aryl methyl sites for hydroxylation is 2. The van der Waals surface area contributed by atoms with Crippen molar-refractivity contribution in [2.45, 2.75) is 52.6 Å². The van der Waals surface area contributed by atoms with Gasteiger partial charge in [-0.15, -0.1) is 11.3 Å². The Hall–Kier alpha value is -0.870. The Balaban J connectivity index is 2.73. The molecule has 0 amide bonds. The van der Waals surface area contributed by atoms with Crippen molar-refractivity contribution in [3.8, 4) is 0 Å². The number of thiophene rings is 1. The van der Waals surface area contributed by atoms with E-state index in [9.17, 15) is 4.79 Å². The van der Waals surface area contributed by atoms with Gasteiger partial charge in [-0.2, -0.15) is 0 Å². The molecule has 0 radical (unpaired) electrons. The lowest BCUT2D eigenvalue weighted by atomic mass is 10.1. The van der Waals surface area contributed by atoms with Crippen molar-refractivity contribution < 1.29 is 9.90 Å². The van der Waals surface area contributed by atoms with Crippen LogP contribution in [0.1, 0.15) is 48.0 Å². The molecule has 0 saturated heterocycles. The summed E-state index contributed by atoms with van der Waals surface area (Å²) in [5.41, 5.74) is 1.22. The average molecular weight is 255 g/mol. The van der Waals surface area contributed by atoms with Crippen molar-refractivity contribution in [3.63, 3.8) is 0 Å². The van der Waals surface area contributed by atoms with Crippen molar-refractivity contribution in [2.75, 3.05) is 0 Å². The molecule has 2 unspecified atom stereocenters. The van der Waals surface area contributed by atoms with Crippen LogP contribution < -0.4 is 5.32 Å². The summed E-state index contributed by atoms with van der Waals surface area (Å²) in [6, 6.07) is 1.78. The van der Waals surface area contributed by atoms with Gasteiger partial charge in [-0.25, -0.2) is 0 Å². The Morgan fingerprint density at radius 3 is 2.59 bits per heavy atom. The molecule has 0 aromatic carbocycles. The lowest BCUT2D eigenvalue weighted by Crippen LogP contribution is -2.38. The fourth-order valence-corrected chi connectivity index (χ4v) is 3.06. The minimum Gasteiger partial charge on any atom is -0.480 e. The highest BCUT2D eigenvalue weighted by atomic mass is 32.1. The van der Waals surface area contributed by atoms with Crippen LogP contribution in [-0.4, -0.2) is 17.1 Å². The van der Waals surface area contributed by atoms with Crippen LogP contribution in [0.25, 0.3) is 0 Å². The topological polar surface area (TPSA) is 49.3 Å². The SMILES string of the molecule is CCCC(NC(C)c1cc(C)sc1C)C(=O)O. The lowest BCUT2D eigenvalue weighted by molar-refractivity contribution is -0.139. The van der Waals surface area contributed by atoms with E-state index in [0.717, 1.165) is 6.42 Å². The predicted octanol–water partition coefficient (Wildman–Crippen LogP) is 3.27. The summed E-state index contributed by atoms with van der Waals surface area (Å²) in [5, 5.41) is 12.3. The zero-order chi connectivity index (χ0) is 13.0. The molecule has 3 nitrogen and oxygen atoms in total. The fraction of sp³-hybridized carbons (Fsp3) is 0.615. The molecule has 1 aromatic heterocycles. The van der Waals surface area contributed by atoms with Crippen LogP contribution in [0.2, 0.25) is 0 Å². The lowest BCUT2D eigenvalue weighted by Gasteiger charge is -2.19. The van der Waals surface area contributed by atoms with Crippen molar-refractivity contribution in [1.29, 1.82) is 0 Å². The van der Waals surface area contributed by atoms with Gasteiger partial charge < -0.3 is 5.11 Å². The number of carbonyl (C=O) groups is 1. The molecule has 4 heteroatoms. The van der Waals surface area contributed by atoms with Crippen LogP contribution in [0.5, 0.6) is 0 Å². The molecule has 2 atom stereocenters. The summed E-state index contributed by atoms with van der Waals surface area (Å²) in [6.07, 6.45) is 1.54. The van der Waals surface area contributed by atoms with Gasteiger partial charge in [-0.1, -0.05) is 13.3 Å². The van der Waals surface area contributed by atoms with Gasteiger partial charge in [0.25, 0.3) is 0 Å². The van der Waals surface area contributed by atoms with Gasteiger partial charge in [0.05, 0.1) is 0 Å². The third-order valence-corrected chi connectivity index (χ3v) is 3.85. The predicted molar refractivity (Wildman–Crippen MR) is 71.7 cm³/mol. The maximum absolute atomic E-state index is 11.1. The van der Waals surface area contributed by atoms with E-state index in [1.807, 2.05) is 13.8 Å². The van der Waals surface area contributed by atoms with Gasteiger partial charge in [-0.05, 0) is 38.8 Å². The monoisotopic (exact) mass is 255 g/mol. The second kappa shape index (κ2) is 6.17. The maximum atomic E-state index is 11.1. The van der Waals surface area contributed by atoms with Crippen LogP contribution in [0, 0.1) is 13.8 Å². The van der Waals surface area contributed by atoms with Gasteiger partial charge >= 0.3 is 5.97 Å². The molecule has 0 bridgehead atoms. The van der Waals surface area contributed by atoms with Crippen molar-refractivity contribution in [3.05, 3.63) is 21.4 Å². The third-order valence-electron chi connectivity index (χ3n) is 2.87. The quantitative estimate of drug-likeness (QED) is 0.820. The molecule has 17 heavy (non-hydrogen) atoms. The number of rotatable bonds is 6. The molecular formula is C13H21NO2S. The second-order valence-electron chi connectivity index (χ2n) is 4.44. The third kappa shape index (κ3) is 3.82. The first kappa shape index (κ1) is 14.2. The molecule has 1 heterocycles. The van der Waals surface area contributed by atoms with Gasteiger partial charge in [0.1, 0.15) is 6.04 Å². The largest absolute Gasteiger partial charge is 0.480 e. The smallest absolute Gasteiger partial charge is 0.320 e. The van der Waals surface area contributed by atoms with Crippen LogP contribution in [0.15, 0.2) is 6.07 Å². The number of aliphatic carboxylic acids is 1. The highest BCUT2D eigenvalue weighted by Gasteiger charge is 2.20. The highest BCUT2D eigenvalue weighted by Crippen LogP contribution is 2.26. The molecule has 0 fully saturated rings. The van der Waals surface area contributed by atoms with Crippen molar-refractivity contribution in [2.24, 2.45) is 0 Å². The maximum Gasteiger partial charge on any atom is 0.320 e. The molecule has 0 aliphatic rings. The molecule has 0 spiro atoms. The number of hydrogen-bond acceptors (Lipinski definition) is 3. The Morgan fingerprint density at radius 1 is 1.53 bits per heavy atom. The Bertz CT molecular complexity index is 387. The molecule has 0 aliphatic carbocycles. The normalized spacial score (nSPS) is 14.6. The Labute approximate surface area is 107 Å². The summed E-state index contributed by atoms with van der Waals surface area (Å²) in [7, 11) is 0. The van der Waals surface area contributed by atoms with E-state index < -0.39 is 12.0 Å². The zero-order valence-corrected chi connectivity index (χ0v) is 11.7. The number of carboxylic acids is 1. The standard InChI is InChI=1S/C13H21NO2S/c1-5-6-12(13(15)16)14-9(3)11-7-8(2)17-10(11)4/h7,9,12,14H,5-6H2,1-4H3,(H,15,16). The summed E-state index contributed by atoms with van der Waals surface area (Å²) >= 11 is 1.76. The number of carboxylic acid groups (broad SMARTS) is 1. The number of nitrogens with one attached hydrogen (secondary N) is 1. The van der Waals surface area contributed by atoms with E-state index in [2.05, 4.69) is 25.2 Å². The minimum absolute atomic E-state index is 0.0904. The van der Waals surface area contributed by atoms with E-state index in [1.165, 1.54) is 15.3 Å². The van der Waals surface area contributed by atoms with E-state index in [1.54, 1.807) is 11.3 Å². The first-order valence-electron chi connectivity index (χ1n) is 6.01. The second-order valence-corrected chi connectivity index (χ2v) is 5.90. The van der Waals surface area contributed by atoms with Crippen LogP contribution in [-0.2, 0) is 4.79 Å². The zero-order valence-electron chi connectivity index (χ0n) is 10.9. The summed E-state index contributed by atoms with van der Waals surface area (Å²) < 4.78 is 0. The molecule has 1 rings (SSSR count). The van der Waals surface area contributed by atoms with Crippen molar-refractivity contribution in [1.82, 2.24) is 5.32 Å². The van der Waals surface area contributed by atoms with Gasteiger partial charge in [0, 0.05) is 15.8 Å². The highest BCUT2D eigenvalue weighted by molar-refractivity contribution is 7.12. The van der Waals surface area contributed by atoms with E-state index >= 15 is 0 Å².